The highest BCUT2D eigenvalue weighted by Crippen LogP contribution is 2.24. The largest absolute Gasteiger partial charge is 0.478 e. The maximum atomic E-state index is 12.2. The van der Waals surface area contributed by atoms with E-state index in [1.807, 2.05) is 6.07 Å². The first-order chi connectivity index (χ1) is 13.3. The van der Waals surface area contributed by atoms with Gasteiger partial charge in [-0.1, -0.05) is 12.1 Å². The van der Waals surface area contributed by atoms with E-state index in [-0.39, 0.29) is 5.56 Å². The molecule has 2 aromatic rings. The predicted molar refractivity (Wildman–Crippen MR) is 105 cm³/mol. The van der Waals surface area contributed by atoms with Crippen LogP contribution in [0.3, 0.4) is 0 Å². The fourth-order valence-corrected chi connectivity index (χ4v) is 4.46. The lowest BCUT2D eigenvalue weighted by Gasteiger charge is -2.32. The fraction of sp³-hybridized carbons (Fsp3) is 0.421. The lowest BCUT2D eigenvalue weighted by Crippen LogP contribution is -2.44. The Morgan fingerprint density at radius 1 is 1.25 bits per heavy atom. The smallest absolute Gasteiger partial charge is 0.335 e. The zero-order chi connectivity index (χ0) is 20.3. The molecule has 150 valence electrons. The number of hydrogen-bond acceptors (Lipinski definition) is 5. The predicted octanol–water partition coefficient (Wildman–Crippen LogP) is 1.90. The molecule has 1 saturated heterocycles. The Hall–Kier alpha value is -2.36. The van der Waals surface area contributed by atoms with Crippen LogP contribution in [0.2, 0.25) is 0 Å². The molecule has 0 saturated carbocycles. The zero-order valence-corrected chi connectivity index (χ0v) is 16.8. The first-order valence-corrected chi connectivity index (χ1v) is 10.5. The van der Waals surface area contributed by atoms with Crippen molar-refractivity contribution < 1.29 is 18.3 Å². The van der Waals surface area contributed by atoms with Gasteiger partial charge in [0.15, 0.2) is 0 Å². The number of aromatic carboxylic acids is 1. The number of carboxylic acids is 1. The minimum absolute atomic E-state index is 0.208. The molecule has 0 atom stereocenters. The Bertz CT molecular complexity index is 954. The van der Waals surface area contributed by atoms with Crippen LogP contribution in [0.15, 0.2) is 36.7 Å². The van der Waals surface area contributed by atoms with Crippen LogP contribution in [0.25, 0.3) is 11.3 Å². The summed E-state index contributed by atoms with van der Waals surface area (Å²) in [5, 5.41) is 9.15. The number of carboxylic acid groups (broad SMARTS) is 1. The van der Waals surface area contributed by atoms with Crippen molar-refractivity contribution in [2.24, 2.45) is 5.92 Å². The van der Waals surface area contributed by atoms with E-state index in [0.29, 0.717) is 30.3 Å². The van der Waals surface area contributed by atoms with Crippen LogP contribution in [0, 0.1) is 5.92 Å². The summed E-state index contributed by atoms with van der Waals surface area (Å²) in [6, 6.07) is 6.62. The van der Waals surface area contributed by atoms with Crippen molar-refractivity contribution in [3.05, 3.63) is 47.9 Å². The lowest BCUT2D eigenvalue weighted by atomic mass is 9.93. The summed E-state index contributed by atoms with van der Waals surface area (Å²) in [7, 11) is -0.272. The molecule has 1 aromatic heterocycles. The van der Waals surface area contributed by atoms with E-state index in [2.05, 4.69) is 9.97 Å². The standard InChI is InChI=1S/C19H24N4O4S/c1-22(2)28(26,27)23-8-6-14(7-9-23)10-17-12-20-13-18(21-17)15-4-3-5-16(11-15)19(24)25/h3-5,11-14H,6-10H2,1-2H3,(H,24,25). The molecule has 0 bridgehead atoms. The molecule has 0 radical (unpaired) electrons. The van der Waals surface area contributed by atoms with E-state index in [9.17, 15) is 13.2 Å². The quantitative estimate of drug-likeness (QED) is 0.789. The molecule has 1 aliphatic rings. The van der Waals surface area contributed by atoms with E-state index < -0.39 is 16.2 Å². The number of rotatable bonds is 6. The molecule has 0 aliphatic carbocycles. The summed E-state index contributed by atoms with van der Waals surface area (Å²) < 4.78 is 27.2. The second-order valence-corrected chi connectivity index (χ2v) is 9.26. The lowest BCUT2D eigenvalue weighted by molar-refractivity contribution is 0.0697. The third-order valence-corrected chi connectivity index (χ3v) is 6.89. The summed E-state index contributed by atoms with van der Waals surface area (Å²) in [5.74, 6) is -0.645. The van der Waals surface area contributed by atoms with E-state index in [0.717, 1.165) is 25.0 Å². The maximum Gasteiger partial charge on any atom is 0.335 e. The summed E-state index contributed by atoms with van der Waals surface area (Å²) in [6.45, 7) is 0.998. The van der Waals surface area contributed by atoms with Crippen molar-refractivity contribution in [2.75, 3.05) is 27.2 Å². The third-order valence-electron chi connectivity index (χ3n) is 4.95. The molecule has 28 heavy (non-hydrogen) atoms. The van der Waals surface area contributed by atoms with Crippen molar-refractivity contribution in [1.29, 1.82) is 0 Å². The Balaban J connectivity index is 1.68. The summed E-state index contributed by atoms with van der Waals surface area (Å²) >= 11 is 0. The number of carbonyl (C=O) groups is 1. The van der Waals surface area contributed by atoms with Crippen LogP contribution in [0.4, 0.5) is 0 Å². The van der Waals surface area contributed by atoms with Crippen molar-refractivity contribution in [2.45, 2.75) is 19.3 Å². The molecule has 1 aromatic carbocycles. The third kappa shape index (κ3) is 4.54. The number of benzene rings is 1. The van der Waals surface area contributed by atoms with Crippen LogP contribution >= 0.6 is 0 Å². The second kappa shape index (κ2) is 8.34. The molecule has 9 heteroatoms. The van der Waals surface area contributed by atoms with E-state index in [1.54, 1.807) is 44.7 Å². The molecular formula is C19H24N4O4S. The Labute approximate surface area is 165 Å². The molecule has 0 spiro atoms. The average Bonchev–Trinajstić information content (AvgIpc) is 2.68. The molecule has 0 amide bonds. The van der Waals surface area contributed by atoms with Gasteiger partial charge in [-0.05, 0) is 37.3 Å². The van der Waals surface area contributed by atoms with Crippen LogP contribution in [-0.4, -0.2) is 65.3 Å². The van der Waals surface area contributed by atoms with Gasteiger partial charge in [-0.2, -0.15) is 17.0 Å². The van der Waals surface area contributed by atoms with Crippen molar-refractivity contribution in [3.63, 3.8) is 0 Å². The molecule has 8 nitrogen and oxygen atoms in total. The maximum absolute atomic E-state index is 12.2. The summed E-state index contributed by atoms with van der Waals surface area (Å²) in [5.41, 5.74) is 2.38. The summed E-state index contributed by atoms with van der Waals surface area (Å²) in [4.78, 5) is 20.1. The van der Waals surface area contributed by atoms with E-state index >= 15 is 0 Å². The average molecular weight is 404 g/mol. The minimum atomic E-state index is -3.36. The number of nitrogens with zero attached hydrogens (tertiary/aromatic N) is 4. The monoisotopic (exact) mass is 404 g/mol. The van der Waals surface area contributed by atoms with Gasteiger partial charge in [-0.25, -0.2) is 9.78 Å². The highest BCUT2D eigenvalue weighted by Gasteiger charge is 2.29. The van der Waals surface area contributed by atoms with E-state index in [1.165, 1.54) is 8.61 Å². The van der Waals surface area contributed by atoms with Crippen LogP contribution in [-0.2, 0) is 16.6 Å². The van der Waals surface area contributed by atoms with Gasteiger partial charge in [0, 0.05) is 38.9 Å². The molecule has 0 unspecified atom stereocenters. The molecular weight excluding hydrogens is 380 g/mol. The fourth-order valence-electron chi connectivity index (χ4n) is 3.33. The number of piperidine rings is 1. The Morgan fingerprint density at radius 3 is 2.61 bits per heavy atom. The first kappa shape index (κ1) is 20.4. The molecule has 1 fully saturated rings. The Morgan fingerprint density at radius 2 is 1.96 bits per heavy atom. The molecule has 1 N–H and O–H groups in total. The molecule has 3 rings (SSSR count). The second-order valence-electron chi connectivity index (χ2n) is 7.12. The van der Waals surface area contributed by atoms with Gasteiger partial charge in [0.1, 0.15) is 0 Å². The van der Waals surface area contributed by atoms with Gasteiger partial charge in [0.05, 0.1) is 23.1 Å². The van der Waals surface area contributed by atoms with Crippen molar-refractivity contribution in [1.82, 2.24) is 18.6 Å². The van der Waals surface area contributed by atoms with Crippen molar-refractivity contribution in [3.8, 4) is 11.3 Å². The molecule has 2 heterocycles. The topological polar surface area (TPSA) is 104 Å². The van der Waals surface area contributed by atoms with Gasteiger partial charge in [0.2, 0.25) is 0 Å². The van der Waals surface area contributed by atoms with Gasteiger partial charge < -0.3 is 5.11 Å². The zero-order valence-electron chi connectivity index (χ0n) is 15.9. The van der Waals surface area contributed by atoms with Crippen LogP contribution in [0.5, 0.6) is 0 Å². The first-order valence-electron chi connectivity index (χ1n) is 9.09. The highest BCUT2D eigenvalue weighted by molar-refractivity contribution is 7.86. The molecule has 1 aliphatic heterocycles. The van der Waals surface area contributed by atoms with Gasteiger partial charge in [-0.3, -0.25) is 4.98 Å². The summed E-state index contributed by atoms with van der Waals surface area (Å²) in [6.07, 6.45) is 5.60. The van der Waals surface area contributed by atoms with E-state index in [4.69, 9.17) is 5.11 Å². The van der Waals surface area contributed by atoms with Gasteiger partial charge in [-0.15, -0.1) is 0 Å². The number of hydrogen-bond donors (Lipinski definition) is 1. The minimum Gasteiger partial charge on any atom is -0.478 e. The normalized spacial score (nSPS) is 16.4. The van der Waals surface area contributed by atoms with Gasteiger partial charge >= 0.3 is 5.97 Å². The highest BCUT2D eigenvalue weighted by atomic mass is 32.2. The van der Waals surface area contributed by atoms with Gasteiger partial charge in [0.25, 0.3) is 10.2 Å². The van der Waals surface area contributed by atoms with Crippen molar-refractivity contribution >= 4 is 16.2 Å². The Kier molecular flexibility index (Phi) is 6.07. The SMILES string of the molecule is CN(C)S(=O)(=O)N1CCC(Cc2cncc(-c3cccc(C(=O)O)c3)n2)CC1. The van der Waals surface area contributed by atoms with Crippen LogP contribution in [0.1, 0.15) is 28.9 Å². The van der Waals surface area contributed by atoms with Crippen LogP contribution < -0.4 is 0 Å². The number of aromatic nitrogens is 2.